The number of rotatable bonds is 5. The van der Waals surface area contributed by atoms with Crippen LogP contribution in [-0.2, 0) is 4.79 Å². The van der Waals surface area contributed by atoms with Crippen molar-refractivity contribution >= 4 is 29.5 Å². The number of benzene rings is 1. The minimum Gasteiger partial charge on any atom is -0.481 e. The van der Waals surface area contributed by atoms with Crippen molar-refractivity contribution in [1.29, 1.82) is 0 Å². The van der Waals surface area contributed by atoms with E-state index in [-0.39, 0.29) is 30.5 Å². The third kappa shape index (κ3) is 3.47. The van der Waals surface area contributed by atoms with Gasteiger partial charge in [-0.3, -0.25) is 19.3 Å². The maximum absolute atomic E-state index is 12.2. The lowest BCUT2D eigenvalue weighted by atomic mass is 10.1. The summed E-state index contributed by atoms with van der Waals surface area (Å²) >= 11 is 0. The fourth-order valence-corrected chi connectivity index (χ4v) is 2.26. The number of carboxylic acids is 1. The molecule has 4 amide bonds. The zero-order valence-corrected chi connectivity index (χ0v) is 12.8. The molecule has 1 aliphatic heterocycles. The highest BCUT2D eigenvalue weighted by Gasteiger charge is 2.37. The minimum absolute atomic E-state index is 0.00927. The molecular weight excluding hydrogens is 302 g/mol. The van der Waals surface area contributed by atoms with Crippen molar-refractivity contribution in [2.75, 3.05) is 11.9 Å². The minimum atomic E-state index is -1.01. The molecule has 0 saturated carbocycles. The van der Waals surface area contributed by atoms with Gasteiger partial charge in [0, 0.05) is 18.3 Å². The third-order valence-corrected chi connectivity index (χ3v) is 3.32. The number of urea groups is 1. The molecule has 0 fully saturated rings. The summed E-state index contributed by atoms with van der Waals surface area (Å²) in [5.74, 6) is -1.76. The van der Waals surface area contributed by atoms with Gasteiger partial charge in [0.2, 0.25) is 0 Å². The van der Waals surface area contributed by atoms with Crippen LogP contribution in [-0.4, -0.2) is 46.4 Å². The number of fused-ring (bicyclic) bond motifs is 1. The zero-order chi connectivity index (χ0) is 17.1. The van der Waals surface area contributed by atoms with Crippen molar-refractivity contribution in [3.8, 4) is 0 Å². The smallest absolute Gasteiger partial charge is 0.319 e. The van der Waals surface area contributed by atoms with Crippen LogP contribution in [0.5, 0.6) is 0 Å². The van der Waals surface area contributed by atoms with Gasteiger partial charge in [0.25, 0.3) is 11.8 Å². The number of carbonyl (C=O) groups is 4. The molecule has 1 aliphatic rings. The number of anilines is 1. The maximum atomic E-state index is 12.2. The Hall–Kier alpha value is -2.90. The van der Waals surface area contributed by atoms with E-state index in [9.17, 15) is 19.2 Å². The van der Waals surface area contributed by atoms with E-state index in [4.69, 9.17) is 5.11 Å². The molecule has 0 aliphatic carbocycles. The topological polar surface area (TPSA) is 116 Å². The Morgan fingerprint density at radius 3 is 2.43 bits per heavy atom. The summed E-state index contributed by atoms with van der Waals surface area (Å²) in [5.41, 5.74) is 0.899. The molecule has 0 unspecified atom stereocenters. The van der Waals surface area contributed by atoms with Crippen LogP contribution in [0.2, 0.25) is 0 Å². The van der Waals surface area contributed by atoms with Gasteiger partial charge in [-0.2, -0.15) is 0 Å². The Morgan fingerprint density at radius 1 is 1.17 bits per heavy atom. The highest BCUT2D eigenvalue weighted by atomic mass is 16.4. The average Bonchev–Trinajstić information content (AvgIpc) is 2.70. The number of hydrogen-bond acceptors (Lipinski definition) is 4. The number of amides is 4. The lowest BCUT2D eigenvalue weighted by Gasteiger charge is -2.17. The predicted octanol–water partition coefficient (Wildman–Crippen LogP) is 1.29. The van der Waals surface area contributed by atoms with Crippen LogP contribution in [0.25, 0.3) is 0 Å². The van der Waals surface area contributed by atoms with Crippen LogP contribution in [0.1, 0.15) is 41.0 Å². The largest absolute Gasteiger partial charge is 0.481 e. The Kier molecular flexibility index (Phi) is 4.63. The molecule has 8 heteroatoms. The summed E-state index contributed by atoms with van der Waals surface area (Å²) in [6, 6.07) is 3.62. The molecular formula is C15H17N3O5. The van der Waals surface area contributed by atoms with E-state index in [1.165, 1.54) is 23.1 Å². The Morgan fingerprint density at radius 2 is 1.83 bits per heavy atom. The summed E-state index contributed by atoms with van der Waals surface area (Å²) in [4.78, 5) is 47.6. The van der Waals surface area contributed by atoms with Gasteiger partial charge in [0.1, 0.15) is 0 Å². The lowest BCUT2D eigenvalue weighted by molar-refractivity contribution is -0.136. The lowest BCUT2D eigenvalue weighted by Crippen LogP contribution is -2.35. The van der Waals surface area contributed by atoms with Crippen LogP contribution in [0.4, 0.5) is 10.5 Å². The summed E-state index contributed by atoms with van der Waals surface area (Å²) in [5, 5.41) is 13.4. The second kappa shape index (κ2) is 6.47. The van der Waals surface area contributed by atoms with E-state index >= 15 is 0 Å². The molecule has 1 aromatic rings. The predicted molar refractivity (Wildman–Crippen MR) is 81.4 cm³/mol. The number of carbonyl (C=O) groups excluding carboxylic acids is 3. The first kappa shape index (κ1) is 16.5. The van der Waals surface area contributed by atoms with Crippen molar-refractivity contribution in [3.63, 3.8) is 0 Å². The molecule has 122 valence electrons. The van der Waals surface area contributed by atoms with Crippen LogP contribution in [0.3, 0.4) is 0 Å². The molecule has 23 heavy (non-hydrogen) atoms. The molecule has 0 atom stereocenters. The summed E-state index contributed by atoms with van der Waals surface area (Å²) in [6.45, 7) is 3.48. The summed E-state index contributed by atoms with van der Waals surface area (Å²) < 4.78 is 0. The second-order valence-corrected chi connectivity index (χ2v) is 5.36. The van der Waals surface area contributed by atoms with Crippen molar-refractivity contribution in [2.24, 2.45) is 0 Å². The van der Waals surface area contributed by atoms with Crippen molar-refractivity contribution in [3.05, 3.63) is 29.3 Å². The van der Waals surface area contributed by atoms with Crippen molar-refractivity contribution in [2.45, 2.75) is 26.3 Å². The molecule has 0 bridgehead atoms. The van der Waals surface area contributed by atoms with E-state index < -0.39 is 17.9 Å². The molecule has 3 N–H and O–H groups in total. The zero-order valence-electron chi connectivity index (χ0n) is 12.8. The summed E-state index contributed by atoms with van der Waals surface area (Å²) in [7, 11) is 0. The number of hydrogen-bond donors (Lipinski definition) is 3. The van der Waals surface area contributed by atoms with Gasteiger partial charge < -0.3 is 15.7 Å². The normalized spacial score (nSPS) is 13.3. The van der Waals surface area contributed by atoms with Crippen LogP contribution in [0.15, 0.2) is 18.2 Å². The van der Waals surface area contributed by atoms with Gasteiger partial charge in [-0.05, 0) is 32.0 Å². The Balaban J connectivity index is 2.08. The number of carboxylic acid groups (broad SMARTS) is 1. The van der Waals surface area contributed by atoms with Crippen LogP contribution < -0.4 is 10.6 Å². The molecule has 1 aromatic carbocycles. The van der Waals surface area contributed by atoms with Crippen LogP contribution in [0, 0.1) is 0 Å². The standard InChI is InChI=1S/C15H17N3O5/c1-8(2)18-13(21)10-4-3-9(7-11(10)14(18)22)17-15(23)16-6-5-12(19)20/h3-4,7-8H,5-6H2,1-2H3,(H,19,20)(H2,16,17,23). The quantitative estimate of drug-likeness (QED) is 0.707. The van der Waals surface area contributed by atoms with E-state index in [0.29, 0.717) is 11.3 Å². The first-order valence-corrected chi connectivity index (χ1v) is 7.10. The number of aliphatic carboxylic acids is 1. The molecule has 0 spiro atoms. The van der Waals surface area contributed by atoms with Crippen molar-refractivity contribution in [1.82, 2.24) is 10.2 Å². The fourth-order valence-electron chi connectivity index (χ4n) is 2.26. The Labute approximate surface area is 132 Å². The second-order valence-electron chi connectivity index (χ2n) is 5.36. The van der Waals surface area contributed by atoms with E-state index in [0.717, 1.165) is 0 Å². The first-order valence-electron chi connectivity index (χ1n) is 7.10. The van der Waals surface area contributed by atoms with Crippen LogP contribution >= 0.6 is 0 Å². The van der Waals surface area contributed by atoms with Gasteiger partial charge in [-0.15, -0.1) is 0 Å². The molecule has 0 radical (unpaired) electrons. The highest BCUT2D eigenvalue weighted by Crippen LogP contribution is 2.27. The number of nitrogens with zero attached hydrogens (tertiary/aromatic N) is 1. The average molecular weight is 319 g/mol. The molecule has 8 nitrogen and oxygen atoms in total. The SMILES string of the molecule is CC(C)N1C(=O)c2ccc(NC(=O)NCCC(=O)O)cc2C1=O. The van der Waals surface area contributed by atoms with Gasteiger partial charge in [0.05, 0.1) is 17.5 Å². The molecule has 1 heterocycles. The monoisotopic (exact) mass is 319 g/mol. The Bertz CT molecular complexity index is 684. The first-order chi connectivity index (χ1) is 10.8. The van der Waals surface area contributed by atoms with Gasteiger partial charge in [-0.1, -0.05) is 0 Å². The molecule has 0 saturated heterocycles. The molecule has 0 aromatic heterocycles. The van der Waals surface area contributed by atoms with E-state index in [1.54, 1.807) is 13.8 Å². The van der Waals surface area contributed by atoms with Gasteiger partial charge in [-0.25, -0.2) is 4.79 Å². The maximum Gasteiger partial charge on any atom is 0.319 e. The van der Waals surface area contributed by atoms with E-state index in [1.807, 2.05) is 0 Å². The fraction of sp³-hybridized carbons (Fsp3) is 0.333. The summed E-state index contributed by atoms with van der Waals surface area (Å²) in [6.07, 6.45) is -0.187. The highest BCUT2D eigenvalue weighted by molar-refractivity contribution is 6.22. The third-order valence-electron chi connectivity index (χ3n) is 3.32. The van der Waals surface area contributed by atoms with Gasteiger partial charge in [0.15, 0.2) is 0 Å². The number of nitrogens with one attached hydrogen (secondary N) is 2. The molecule has 2 rings (SSSR count). The van der Waals surface area contributed by atoms with Crippen molar-refractivity contribution < 1.29 is 24.3 Å². The number of imide groups is 1. The van der Waals surface area contributed by atoms with Gasteiger partial charge >= 0.3 is 12.0 Å². The van der Waals surface area contributed by atoms with E-state index in [2.05, 4.69) is 10.6 Å².